The molecule has 1 saturated heterocycles. The highest BCUT2D eigenvalue weighted by Crippen LogP contribution is 2.26. The molecule has 190 valence electrons. The highest BCUT2D eigenvalue weighted by Gasteiger charge is 2.41. The van der Waals surface area contributed by atoms with Gasteiger partial charge in [0.05, 0.1) is 18.3 Å². The van der Waals surface area contributed by atoms with Gasteiger partial charge in [0.2, 0.25) is 17.6 Å². The van der Waals surface area contributed by atoms with Gasteiger partial charge in [-0.05, 0) is 28.3 Å². The predicted molar refractivity (Wildman–Crippen MR) is 123 cm³/mol. The predicted octanol–water partition coefficient (Wildman–Crippen LogP) is 2.97. The van der Waals surface area contributed by atoms with Crippen LogP contribution in [0.1, 0.15) is 61.3 Å². The van der Waals surface area contributed by atoms with Crippen molar-refractivity contribution in [2.24, 2.45) is 0 Å². The fourth-order valence-electron chi connectivity index (χ4n) is 4.07. The first kappa shape index (κ1) is 25.3. The van der Waals surface area contributed by atoms with Gasteiger partial charge in [-0.1, -0.05) is 50.2 Å². The highest BCUT2D eigenvalue weighted by atomic mass is 19.3. The average Bonchev–Trinajstić information content (AvgIpc) is 3.50. The summed E-state index contributed by atoms with van der Waals surface area (Å²) in [5.41, 5.74) is 2.41. The van der Waals surface area contributed by atoms with Gasteiger partial charge in [-0.3, -0.25) is 14.6 Å². The fraction of sp³-hybridized carbons (Fsp3) is 0.417. The lowest BCUT2D eigenvalue weighted by molar-refractivity contribution is -0.139. The summed E-state index contributed by atoms with van der Waals surface area (Å²) in [5.74, 6) is -1.76. The zero-order valence-electron chi connectivity index (χ0n) is 19.8. The largest absolute Gasteiger partial charge is 0.342 e. The number of likely N-dealkylation sites (tertiary alicyclic amines) is 1. The van der Waals surface area contributed by atoms with Crippen molar-refractivity contribution >= 4 is 11.8 Å². The number of pyridine rings is 1. The maximum absolute atomic E-state index is 14.4. The molecule has 0 saturated carbocycles. The highest BCUT2D eigenvalue weighted by molar-refractivity contribution is 5.88. The number of nitrogens with one attached hydrogen (secondary N) is 1. The van der Waals surface area contributed by atoms with Crippen molar-refractivity contribution in [3.63, 3.8) is 0 Å². The second-order valence-electron chi connectivity index (χ2n) is 8.90. The third kappa shape index (κ3) is 5.69. The Bertz CT molecular complexity index is 1190. The lowest BCUT2D eigenvalue weighted by Crippen LogP contribution is -2.48. The Morgan fingerprint density at radius 2 is 1.86 bits per heavy atom. The summed E-state index contributed by atoms with van der Waals surface area (Å²) in [5, 5.41) is 13.0. The number of hydrogen-bond donors (Lipinski definition) is 1. The number of nitrogens with zero attached hydrogens (tertiary/aromatic N) is 6. The third-order valence-electron chi connectivity index (χ3n) is 6.00. The van der Waals surface area contributed by atoms with Crippen molar-refractivity contribution in [1.82, 2.24) is 35.4 Å². The molecule has 0 bridgehead atoms. The van der Waals surface area contributed by atoms with Crippen molar-refractivity contribution < 1.29 is 22.8 Å². The van der Waals surface area contributed by atoms with Crippen LogP contribution in [0.25, 0.3) is 0 Å². The van der Waals surface area contributed by atoms with E-state index in [4.69, 9.17) is 0 Å². The summed E-state index contributed by atoms with van der Waals surface area (Å²) in [6, 6.07) is 11.3. The Hall–Kier alpha value is -3.83. The van der Waals surface area contributed by atoms with Crippen LogP contribution in [0.4, 0.5) is 13.2 Å². The molecule has 36 heavy (non-hydrogen) atoms. The molecule has 1 aromatic carbocycles. The van der Waals surface area contributed by atoms with Crippen LogP contribution < -0.4 is 5.32 Å². The Morgan fingerprint density at radius 3 is 2.47 bits per heavy atom. The Balaban J connectivity index is 1.53. The van der Waals surface area contributed by atoms with E-state index >= 15 is 0 Å². The molecule has 3 aromatic rings. The van der Waals surface area contributed by atoms with E-state index in [1.54, 1.807) is 6.20 Å². The number of amides is 2. The first-order chi connectivity index (χ1) is 17.2. The minimum absolute atomic E-state index is 0.189. The van der Waals surface area contributed by atoms with Crippen LogP contribution in [0.2, 0.25) is 0 Å². The maximum Gasteiger partial charge on any atom is 0.301 e. The van der Waals surface area contributed by atoms with E-state index < -0.39 is 48.9 Å². The number of carbonyl (C=O) groups excluding carboxylic acids is 2. The number of hydrogen-bond acceptors (Lipinski definition) is 6. The van der Waals surface area contributed by atoms with Crippen LogP contribution >= 0.6 is 0 Å². The molecule has 4 rings (SSSR count). The SMILES string of the molecule is CC(C)c1ccc([C@@H](NC(=O)[C@@H]2C[C@@H](F)CN2C(=O)Cn2nnc(C(F)F)n2)c2ccccc2)nc1. The van der Waals surface area contributed by atoms with Crippen LogP contribution in [0.5, 0.6) is 0 Å². The van der Waals surface area contributed by atoms with Gasteiger partial charge < -0.3 is 10.2 Å². The van der Waals surface area contributed by atoms with Gasteiger partial charge in [0, 0.05) is 12.6 Å². The molecule has 2 aromatic heterocycles. The molecule has 0 aliphatic carbocycles. The van der Waals surface area contributed by atoms with E-state index in [0.717, 1.165) is 16.0 Å². The van der Waals surface area contributed by atoms with Crippen molar-refractivity contribution in [3.05, 3.63) is 71.3 Å². The molecule has 0 radical (unpaired) electrons. The van der Waals surface area contributed by atoms with Gasteiger partial charge in [0.15, 0.2) is 0 Å². The molecule has 2 amide bonds. The van der Waals surface area contributed by atoms with Gasteiger partial charge in [-0.2, -0.15) is 4.80 Å². The lowest BCUT2D eigenvalue weighted by Gasteiger charge is -2.26. The van der Waals surface area contributed by atoms with Gasteiger partial charge in [-0.25, -0.2) is 13.2 Å². The Labute approximate surface area is 205 Å². The topological polar surface area (TPSA) is 106 Å². The standard InChI is InChI=1S/C24H26F3N7O2/c1-14(2)16-8-9-18(28-11-16)21(15-6-4-3-5-7-15)29-24(36)19-10-17(25)12-33(19)20(35)13-34-31-23(22(26)27)30-32-34/h3-9,11,14,17,19,21-22H,10,12-13H2,1-2H3,(H,29,36)/t17-,19+,21+/m1/s1. The molecule has 3 atom stereocenters. The molecule has 1 fully saturated rings. The first-order valence-corrected chi connectivity index (χ1v) is 11.5. The molecule has 0 spiro atoms. The molecule has 3 heterocycles. The van der Waals surface area contributed by atoms with Crippen LogP contribution in [0, 0.1) is 0 Å². The molecule has 0 unspecified atom stereocenters. The number of aromatic nitrogens is 5. The van der Waals surface area contributed by atoms with E-state index in [1.807, 2.05) is 42.5 Å². The number of carbonyl (C=O) groups is 2. The van der Waals surface area contributed by atoms with E-state index in [0.29, 0.717) is 10.5 Å². The smallest absolute Gasteiger partial charge is 0.301 e. The van der Waals surface area contributed by atoms with E-state index in [9.17, 15) is 22.8 Å². The van der Waals surface area contributed by atoms with Crippen LogP contribution in [0.15, 0.2) is 48.7 Å². The molecule has 1 N–H and O–H groups in total. The quantitative estimate of drug-likeness (QED) is 0.509. The summed E-state index contributed by atoms with van der Waals surface area (Å²) >= 11 is 0. The van der Waals surface area contributed by atoms with Crippen LogP contribution in [-0.4, -0.2) is 60.7 Å². The van der Waals surface area contributed by atoms with Crippen molar-refractivity contribution in [3.8, 4) is 0 Å². The summed E-state index contributed by atoms with van der Waals surface area (Å²) in [6.07, 6.45) is -2.79. The minimum atomic E-state index is -2.94. The normalized spacial score (nSPS) is 18.6. The van der Waals surface area contributed by atoms with Crippen LogP contribution in [0.3, 0.4) is 0 Å². The molecule has 1 aliphatic heterocycles. The van der Waals surface area contributed by atoms with Crippen LogP contribution in [-0.2, 0) is 16.1 Å². The lowest BCUT2D eigenvalue weighted by atomic mass is 10.00. The van der Waals surface area contributed by atoms with Crippen molar-refractivity contribution in [2.75, 3.05) is 6.54 Å². The monoisotopic (exact) mass is 501 g/mol. The molecular formula is C24H26F3N7O2. The zero-order chi connectivity index (χ0) is 25.8. The number of alkyl halides is 3. The summed E-state index contributed by atoms with van der Waals surface area (Å²) in [4.78, 5) is 32.5. The second kappa shape index (κ2) is 10.8. The maximum atomic E-state index is 14.4. The van der Waals surface area contributed by atoms with Gasteiger partial charge in [-0.15, -0.1) is 10.2 Å². The van der Waals surface area contributed by atoms with E-state index in [2.05, 4.69) is 39.6 Å². The summed E-state index contributed by atoms with van der Waals surface area (Å²) in [7, 11) is 0. The number of halogens is 3. The summed E-state index contributed by atoms with van der Waals surface area (Å²) < 4.78 is 39.8. The van der Waals surface area contributed by atoms with Crippen molar-refractivity contribution in [2.45, 2.75) is 57.4 Å². The molecule has 1 aliphatic rings. The molecule has 12 heteroatoms. The first-order valence-electron chi connectivity index (χ1n) is 11.5. The number of tetrazole rings is 1. The van der Waals surface area contributed by atoms with E-state index in [1.165, 1.54) is 0 Å². The average molecular weight is 502 g/mol. The molecule has 9 nitrogen and oxygen atoms in total. The third-order valence-corrected chi connectivity index (χ3v) is 6.00. The Morgan fingerprint density at radius 1 is 1.11 bits per heavy atom. The fourth-order valence-corrected chi connectivity index (χ4v) is 4.07. The number of rotatable bonds is 8. The zero-order valence-corrected chi connectivity index (χ0v) is 19.8. The second-order valence-corrected chi connectivity index (χ2v) is 8.90. The minimum Gasteiger partial charge on any atom is -0.342 e. The van der Waals surface area contributed by atoms with E-state index in [-0.39, 0.29) is 18.9 Å². The molecular weight excluding hydrogens is 475 g/mol. The number of benzene rings is 1. The summed E-state index contributed by atoms with van der Waals surface area (Å²) in [6.45, 7) is 3.26. The van der Waals surface area contributed by atoms with Crippen molar-refractivity contribution in [1.29, 1.82) is 0 Å². The Kier molecular flexibility index (Phi) is 7.61. The van der Waals surface area contributed by atoms with Gasteiger partial charge in [0.25, 0.3) is 0 Å². The van der Waals surface area contributed by atoms with Gasteiger partial charge in [0.1, 0.15) is 18.8 Å². The van der Waals surface area contributed by atoms with Gasteiger partial charge >= 0.3 is 6.43 Å².